The molecule has 8 rings (SSSR count). The number of hydrogen-bond donors (Lipinski definition) is 2. The van der Waals surface area contributed by atoms with Crippen LogP contribution < -0.4 is 21.3 Å². The number of hydrogen-bond acceptors (Lipinski definition) is 10. The number of aryl methyl sites for hydroxylation is 1. The van der Waals surface area contributed by atoms with Gasteiger partial charge in [-0.3, -0.25) is 28.9 Å². The Hall–Kier alpha value is -6.03. The molecule has 18 heteroatoms. The van der Waals surface area contributed by atoms with Gasteiger partial charge in [-0.15, -0.1) is 0 Å². The van der Waals surface area contributed by atoms with E-state index >= 15 is 4.39 Å². The number of piperazine rings is 2. The highest BCUT2D eigenvalue weighted by atomic mass is 79.9. The van der Waals surface area contributed by atoms with Gasteiger partial charge in [0.1, 0.15) is 5.82 Å². The van der Waals surface area contributed by atoms with Crippen molar-refractivity contribution in [1.82, 2.24) is 39.7 Å². The SMILES string of the molecule is Cc1cccc(CB(C#N)CC(=O)Nc2cc(Br)cnc2C(=O)N2CCC(CN3CCN(CC(=O)N4CCN(C(=O)c5cc(Cc6n[nH]c(=O)c7c6=CCCC=7)ccc5F)CC4)CC3)CC2)c1. The highest BCUT2D eigenvalue weighted by Crippen LogP contribution is 2.26. The number of amides is 4. The molecule has 3 saturated heterocycles. The van der Waals surface area contributed by atoms with E-state index in [4.69, 9.17) is 0 Å². The van der Waals surface area contributed by atoms with Crippen molar-refractivity contribution in [3.05, 3.63) is 119 Å². The quantitative estimate of drug-likeness (QED) is 0.189. The van der Waals surface area contributed by atoms with Gasteiger partial charge in [0.2, 0.25) is 11.8 Å². The molecule has 0 saturated carbocycles. The number of likely N-dealkylation sites (tertiary alicyclic amines) is 1. The summed E-state index contributed by atoms with van der Waals surface area (Å²) in [6.07, 6.45) is 9.50. The number of H-pyrrole nitrogens is 1. The number of aromatic amines is 1. The first kappa shape index (κ1) is 47.5. The number of carbonyl (C=O) groups is 4. The molecule has 15 nitrogen and oxygen atoms in total. The molecular formula is C49H55BBrFN10O5. The molecule has 2 aromatic heterocycles. The number of nitrogens with zero attached hydrogens (tertiary/aromatic N) is 8. The highest BCUT2D eigenvalue weighted by molar-refractivity contribution is 9.10. The van der Waals surface area contributed by atoms with Crippen molar-refractivity contribution in [1.29, 1.82) is 5.26 Å². The maximum atomic E-state index is 15.1. The number of fused-ring (bicyclic) bond motifs is 1. The summed E-state index contributed by atoms with van der Waals surface area (Å²) >= 11 is 3.42. The zero-order valence-corrected chi connectivity index (χ0v) is 39.4. The zero-order valence-electron chi connectivity index (χ0n) is 37.8. The number of halogens is 2. The first-order chi connectivity index (χ1) is 32.4. The number of benzene rings is 2. The van der Waals surface area contributed by atoms with Crippen LogP contribution in [0.3, 0.4) is 0 Å². The first-order valence-electron chi connectivity index (χ1n) is 23.2. The Morgan fingerprint density at radius 2 is 1.57 bits per heavy atom. The summed E-state index contributed by atoms with van der Waals surface area (Å²) < 4.78 is 15.7. The Kier molecular flexibility index (Phi) is 15.4. The molecule has 0 radical (unpaired) electrons. The minimum Gasteiger partial charge on any atom is -0.338 e. The third kappa shape index (κ3) is 11.9. The van der Waals surface area contributed by atoms with Gasteiger partial charge in [-0.2, -0.15) is 5.10 Å². The largest absolute Gasteiger partial charge is 0.338 e. The predicted molar refractivity (Wildman–Crippen MR) is 257 cm³/mol. The number of pyridine rings is 1. The molecule has 348 valence electrons. The number of aromatic nitrogens is 3. The van der Waals surface area contributed by atoms with Gasteiger partial charge in [-0.25, -0.2) is 19.7 Å². The number of rotatable bonds is 13. The molecule has 3 fully saturated rings. The molecule has 2 aromatic carbocycles. The van der Waals surface area contributed by atoms with Crippen molar-refractivity contribution in [2.24, 2.45) is 5.92 Å². The van der Waals surface area contributed by atoms with E-state index in [0.717, 1.165) is 74.8 Å². The van der Waals surface area contributed by atoms with Gasteiger partial charge in [0.25, 0.3) is 24.1 Å². The van der Waals surface area contributed by atoms with Crippen LogP contribution in [0.15, 0.2) is 64.0 Å². The van der Waals surface area contributed by atoms with Crippen molar-refractivity contribution in [2.75, 3.05) is 83.9 Å². The minimum atomic E-state index is -0.604. The summed E-state index contributed by atoms with van der Waals surface area (Å²) in [7, 11) is 0. The molecular weight excluding hydrogens is 918 g/mol. The standard InChI is InChI=1S/C49H55BBrFN10O5/c1-33-5-4-6-36(23-33)27-50(32-53)28-44(63)55-43-26-37(51)29-54-46(43)49(67)61-13-11-34(12-14-61)30-58-15-17-59(18-16-58)31-45(64)60-19-21-62(22-20-60)48(66)40-24-35(9-10-41(40)52)25-42-38-7-2-3-8-39(38)47(65)57-56-42/h4-10,23-24,26,29,34H,2-3,11-22,25,27-28,30-31H2,1H3,(H,55,63)(H,57,65). The zero-order chi connectivity index (χ0) is 47.0. The minimum absolute atomic E-state index is 0.00958. The second-order valence-corrected chi connectivity index (χ2v) is 19.0. The molecule has 1 aliphatic carbocycles. The number of carbonyl (C=O) groups excluding carboxylic acids is 4. The number of nitriles is 1. The van der Waals surface area contributed by atoms with Crippen molar-refractivity contribution in [2.45, 2.75) is 51.7 Å². The van der Waals surface area contributed by atoms with Crippen molar-refractivity contribution in [3.63, 3.8) is 0 Å². The summed E-state index contributed by atoms with van der Waals surface area (Å²) in [6.45, 7) is 8.38. The molecule has 4 aromatic rings. The van der Waals surface area contributed by atoms with E-state index in [9.17, 15) is 29.2 Å². The second-order valence-electron chi connectivity index (χ2n) is 18.1. The van der Waals surface area contributed by atoms with Gasteiger partial charge in [-0.05, 0) is 84.5 Å². The molecule has 5 heterocycles. The summed E-state index contributed by atoms with van der Waals surface area (Å²) in [5, 5.41) is 20.8. The fourth-order valence-corrected chi connectivity index (χ4v) is 9.91. The maximum Gasteiger partial charge on any atom is 0.281 e. The summed E-state index contributed by atoms with van der Waals surface area (Å²) in [5.74, 6) is 1.08. The average Bonchev–Trinajstić information content (AvgIpc) is 3.33. The second kappa shape index (κ2) is 21.7. The van der Waals surface area contributed by atoms with Crippen LogP contribution in [0, 0.1) is 29.9 Å². The molecule has 4 amide bonds. The molecule has 3 aliphatic heterocycles. The summed E-state index contributed by atoms with van der Waals surface area (Å²) in [5.41, 5.74) is 3.70. The smallest absolute Gasteiger partial charge is 0.281 e. The van der Waals surface area contributed by atoms with E-state index in [1.54, 1.807) is 39.1 Å². The van der Waals surface area contributed by atoms with Gasteiger partial charge in [0.05, 0.1) is 23.5 Å². The Morgan fingerprint density at radius 1 is 0.866 bits per heavy atom. The molecule has 0 bridgehead atoms. The van der Waals surface area contributed by atoms with Crippen LogP contribution in [0.4, 0.5) is 10.1 Å². The Bertz CT molecular complexity index is 2740. The predicted octanol–water partition coefficient (Wildman–Crippen LogP) is 3.05. The fraction of sp³-hybridized carbons (Fsp3) is 0.429. The van der Waals surface area contributed by atoms with Crippen LogP contribution in [-0.2, 0) is 22.3 Å². The number of anilines is 1. The van der Waals surface area contributed by atoms with Crippen molar-refractivity contribution in [3.8, 4) is 5.97 Å². The third-order valence-electron chi connectivity index (χ3n) is 13.3. The lowest BCUT2D eigenvalue weighted by Crippen LogP contribution is -2.55. The lowest BCUT2D eigenvalue weighted by molar-refractivity contribution is -0.134. The average molecular weight is 974 g/mol. The normalized spacial score (nSPS) is 16.9. The summed E-state index contributed by atoms with van der Waals surface area (Å²) in [6, 6.07) is 14.1. The van der Waals surface area contributed by atoms with Gasteiger partial charge >= 0.3 is 0 Å². The van der Waals surface area contributed by atoms with Crippen LogP contribution in [0.25, 0.3) is 12.2 Å². The van der Waals surface area contributed by atoms with E-state index in [2.05, 4.69) is 52.2 Å². The highest BCUT2D eigenvalue weighted by Gasteiger charge is 2.31. The molecule has 0 unspecified atom stereocenters. The van der Waals surface area contributed by atoms with Gasteiger partial charge < -0.3 is 24.9 Å². The van der Waals surface area contributed by atoms with Crippen molar-refractivity contribution < 1.29 is 23.6 Å². The monoisotopic (exact) mass is 972 g/mol. The van der Waals surface area contributed by atoms with Gasteiger partial charge in [-0.1, -0.05) is 53.6 Å². The first-order valence-corrected chi connectivity index (χ1v) is 24.0. The molecule has 0 atom stereocenters. The lowest BCUT2D eigenvalue weighted by Gasteiger charge is -2.40. The fourth-order valence-electron chi connectivity index (χ4n) is 9.58. The lowest BCUT2D eigenvalue weighted by atomic mass is 9.45. The molecule has 67 heavy (non-hydrogen) atoms. The van der Waals surface area contributed by atoms with Crippen LogP contribution in [-0.4, -0.2) is 149 Å². The molecule has 0 spiro atoms. The van der Waals surface area contributed by atoms with Crippen LogP contribution in [0.2, 0.25) is 6.32 Å². The van der Waals surface area contributed by atoms with Gasteiger partial charge in [0, 0.05) is 112 Å². The van der Waals surface area contributed by atoms with E-state index in [-0.39, 0.29) is 40.9 Å². The molecule has 2 N–H and O–H groups in total. The van der Waals surface area contributed by atoms with Gasteiger partial charge in [0.15, 0.2) is 5.69 Å². The number of nitrogens with one attached hydrogen (secondary N) is 2. The molecule has 4 aliphatic rings. The number of piperidine rings is 1. The third-order valence-corrected chi connectivity index (χ3v) is 13.7. The van der Waals surface area contributed by atoms with E-state index < -0.39 is 18.4 Å². The van der Waals surface area contributed by atoms with Crippen LogP contribution in [0.1, 0.15) is 68.9 Å². The van der Waals surface area contributed by atoms with Crippen molar-refractivity contribution >= 4 is 64.1 Å². The Balaban J connectivity index is 0.753. The maximum absolute atomic E-state index is 15.1. The Morgan fingerprint density at radius 3 is 2.30 bits per heavy atom. The van der Waals surface area contributed by atoms with Crippen LogP contribution >= 0.6 is 15.9 Å². The van der Waals surface area contributed by atoms with Crippen LogP contribution in [0.5, 0.6) is 0 Å². The topological polar surface area (TPSA) is 179 Å². The van der Waals surface area contributed by atoms with E-state index in [1.165, 1.54) is 6.07 Å². The Labute approximate surface area is 397 Å². The summed E-state index contributed by atoms with van der Waals surface area (Å²) in [4.78, 5) is 80.4. The van der Waals surface area contributed by atoms with E-state index in [0.29, 0.717) is 91.1 Å². The van der Waals surface area contributed by atoms with E-state index in [1.807, 2.05) is 43.3 Å².